The quantitative estimate of drug-likeness (QED) is 0.817. The maximum absolute atomic E-state index is 13.4. The summed E-state index contributed by atoms with van der Waals surface area (Å²) in [6.45, 7) is 3.68. The zero-order chi connectivity index (χ0) is 12.3. The lowest BCUT2D eigenvalue weighted by Crippen LogP contribution is -2.32. The Labute approximate surface area is 97.6 Å². The first-order valence-corrected chi connectivity index (χ1v) is 5.29. The van der Waals surface area contributed by atoms with Gasteiger partial charge < -0.3 is 5.32 Å². The van der Waals surface area contributed by atoms with Crippen molar-refractivity contribution in [3.8, 4) is 0 Å². The molecule has 0 aliphatic carbocycles. The van der Waals surface area contributed by atoms with E-state index >= 15 is 0 Å². The Morgan fingerprint density at radius 3 is 2.69 bits per heavy atom. The molecule has 1 aromatic carbocycles. The van der Waals surface area contributed by atoms with Gasteiger partial charge in [0.2, 0.25) is 0 Å². The zero-order valence-corrected chi connectivity index (χ0v) is 9.74. The van der Waals surface area contributed by atoms with Gasteiger partial charge in [0.15, 0.2) is 5.82 Å². The summed E-state index contributed by atoms with van der Waals surface area (Å²) in [6.07, 6.45) is 0.724. The molecule has 1 rings (SSSR count). The molecule has 0 spiro atoms. The second kappa shape index (κ2) is 5.25. The van der Waals surface area contributed by atoms with Crippen molar-refractivity contribution in [2.45, 2.75) is 26.3 Å². The highest BCUT2D eigenvalue weighted by molar-refractivity contribution is 6.31. The summed E-state index contributed by atoms with van der Waals surface area (Å²) in [4.78, 5) is 11.6. The average Bonchev–Trinajstić information content (AvgIpc) is 2.25. The van der Waals surface area contributed by atoms with Crippen molar-refractivity contribution < 1.29 is 13.6 Å². The molecule has 0 aromatic heterocycles. The molecule has 0 fully saturated rings. The summed E-state index contributed by atoms with van der Waals surface area (Å²) in [5.74, 6) is -2.49. The molecule has 88 valence electrons. The Morgan fingerprint density at radius 1 is 1.50 bits per heavy atom. The van der Waals surface area contributed by atoms with Gasteiger partial charge in [-0.15, -0.1) is 0 Å². The minimum absolute atomic E-state index is 0.0734. The van der Waals surface area contributed by atoms with Crippen molar-refractivity contribution in [3.63, 3.8) is 0 Å². The molecular formula is C11H12ClF2NO. The summed E-state index contributed by atoms with van der Waals surface area (Å²) in [6, 6.07) is 1.97. The van der Waals surface area contributed by atoms with E-state index in [1.165, 1.54) is 0 Å². The second-order valence-electron chi connectivity index (χ2n) is 3.51. The molecule has 1 atom stereocenters. The fourth-order valence-electron chi connectivity index (χ4n) is 1.10. The van der Waals surface area contributed by atoms with E-state index in [1.54, 1.807) is 6.92 Å². The van der Waals surface area contributed by atoms with Crippen LogP contribution in [0.1, 0.15) is 30.6 Å². The fourth-order valence-corrected chi connectivity index (χ4v) is 1.27. The van der Waals surface area contributed by atoms with E-state index in [0.29, 0.717) is 0 Å². The molecule has 0 radical (unpaired) electrons. The first-order chi connectivity index (χ1) is 7.47. The number of amides is 1. The third-order valence-corrected chi connectivity index (χ3v) is 2.62. The molecule has 0 unspecified atom stereocenters. The van der Waals surface area contributed by atoms with Crippen LogP contribution in [0.2, 0.25) is 5.02 Å². The van der Waals surface area contributed by atoms with Gasteiger partial charge in [0.05, 0.1) is 5.56 Å². The molecule has 0 saturated heterocycles. The normalized spacial score (nSPS) is 12.3. The Kier molecular flexibility index (Phi) is 4.24. The van der Waals surface area contributed by atoms with E-state index in [-0.39, 0.29) is 11.6 Å². The van der Waals surface area contributed by atoms with E-state index < -0.39 is 22.6 Å². The van der Waals surface area contributed by atoms with Crippen LogP contribution in [0.4, 0.5) is 8.78 Å². The van der Waals surface area contributed by atoms with Gasteiger partial charge in [0, 0.05) is 6.04 Å². The molecule has 0 saturated carbocycles. The molecule has 1 N–H and O–H groups in total. The number of benzene rings is 1. The third kappa shape index (κ3) is 2.70. The molecule has 2 nitrogen and oxygen atoms in total. The Bertz CT molecular complexity index is 409. The summed E-state index contributed by atoms with van der Waals surface area (Å²) in [5.41, 5.74) is -0.244. The second-order valence-corrected chi connectivity index (χ2v) is 3.88. The standard InChI is InChI=1S/C11H12ClF2NO/c1-3-6(2)15-11(16)7-4-5-8(13)9(12)10(7)14/h4-6H,3H2,1-2H3,(H,15,16)/t6-/m1/s1. The number of carbonyl (C=O) groups excluding carboxylic acids is 1. The Morgan fingerprint density at radius 2 is 2.12 bits per heavy atom. The van der Waals surface area contributed by atoms with Gasteiger partial charge in [-0.25, -0.2) is 8.78 Å². The number of nitrogens with one attached hydrogen (secondary N) is 1. The van der Waals surface area contributed by atoms with E-state index in [1.807, 2.05) is 6.92 Å². The Balaban J connectivity index is 2.97. The maximum atomic E-state index is 13.4. The molecule has 0 aliphatic rings. The highest BCUT2D eigenvalue weighted by Crippen LogP contribution is 2.21. The predicted molar refractivity (Wildman–Crippen MR) is 58.6 cm³/mol. The van der Waals surface area contributed by atoms with E-state index in [4.69, 9.17) is 11.6 Å². The van der Waals surface area contributed by atoms with Crippen molar-refractivity contribution in [1.29, 1.82) is 0 Å². The van der Waals surface area contributed by atoms with Crippen molar-refractivity contribution in [3.05, 3.63) is 34.4 Å². The largest absolute Gasteiger partial charge is 0.350 e. The lowest BCUT2D eigenvalue weighted by atomic mass is 10.1. The van der Waals surface area contributed by atoms with Crippen molar-refractivity contribution >= 4 is 17.5 Å². The van der Waals surface area contributed by atoms with Gasteiger partial charge in [0.25, 0.3) is 5.91 Å². The molecule has 0 bridgehead atoms. The first kappa shape index (κ1) is 12.9. The minimum atomic E-state index is -1.03. The molecule has 16 heavy (non-hydrogen) atoms. The molecule has 1 amide bonds. The predicted octanol–water partition coefficient (Wildman–Crippen LogP) is 3.15. The number of carbonyl (C=O) groups is 1. The van der Waals surface area contributed by atoms with E-state index in [9.17, 15) is 13.6 Å². The van der Waals surface area contributed by atoms with E-state index in [0.717, 1.165) is 18.6 Å². The van der Waals surface area contributed by atoms with Gasteiger partial charge in [0.1, 0.15) is 10.8 Å². The average molecular weight is 248 g/mol. The zero-order valence-electron chi connectivity index (χ0n) is 8.98. The summed E-state index contributed by atoms with van der Waals surface area (Å²) >= 11 is 5.37. The highest BCUT2D eigenvalue weighted by Gasteiger charge is 2.18. The maximum Gasteiger partial charge on any atom is 0.254 e. The lowest BCUT2D eigenvalue weighted by Gasteiger charge is -2.12. The van der Waals surface area contributed by atoms with Crippen LogP contribution in [0.15, 0.2) is 12.1 Å². The summed E-state index contributed by atoms with van der Waals surface area (Å²) < 4.78 is 26.3. The lowest BCUT2D eigenvalue weighted by molar-refractivity contribution is 0.0935. The SMILES string of the molecule is CC[C@@H](C)NC(=O)c1ccc(F)c(Cl)c1F. The summed E-state index contributed by atoms with van der Waals surface area (Å²) in [7, 11) is 0. The molecular weight excluding hydrogens is 236 g/mol. The van der Waals surface area contributed by atoms with Crippen LogP contribution in [0, 0.1) is 11.6 Å². The van der Waals surface area contributed by atoms with Gasteiger partial charge >= 0.3 is 0 Å². The Hall–Kier alpha value is -1.16. The third-order valence-electron chi connectivity index (χ3n) is 2.27. The number of halogens is 3. The van der Waals surface area contributed by atoms with E-state index in [2.05, 4.69) is 5.32 Å². The van der Waals surface area contributed by atoms with Crippen LogP contribution in [0.25, 0.3) is 0 Å². The van der Waals surface area contributed by atoms with Gasteiger partial charge in [-0.1, -0.05) is 18.5 Å². The van der Waals surface area contributed by atoms with Crippen LogP contribution in [0.5, 0.6) is 0 Å². The minimum Gasteiger partial charge on any atom is -0.350 e. The van der Waals surface area contributed by atoms with Crippen molar-refractivity contribution in [1.82, 2.24) is 5.32 Å². The monoisotopic (exact) mass is 247 g/mol. The first-order valence-electron chi connectivity index (χ1n) is 4.91. The van der Waals surface area contributed by atoms with Gasteiger partial charge in [-0.3, -0.25) is 4.79 Å². The van der Waals surface area contributed by atoms with Crippen molar-refractivity contribution in [2.75, 3.05) is 0 Å². The van der Waals surface area contributed by atoms with Gasteiger partial charge in [-0.2, -0.15) is 0 Å². The summed E-state index contributed by atoms with van der Waals surface area (Å²) in [5, 5.41) is 1.92. The molecule has 1 aromatic rings. The van der Waals surface area contributed by atoms with Crippen LogP contribution in [0.3, 0.4) is 0 Å². The van der Waals surface area contributed by atoms with Crippen LogP contribution < -0.4 is 5.32 Å². The smallest absolute Gasteiger partial charge is 0.254 e. The van der Waals surface area contributed by atoms with Gasteiger partial charge in [-0.05, 0) is 25.5 Å². The number of hydrogen-bond acceptors (Lipinski definition) is 1. The van der Waals surface area contributed by atoms with Crippen LogP contribution in [-0.4, -0.2) is 11.9 Å². The van der Waals surface area contributed by atoms with Crippen LogP contribution in [-0.2, 0) is 0 Å². The fraction of sp³-hybridized carbons (Fsp3) is 0.364. The number of rotatable bonds is 3. The number of hydrogen-bond donors (Lipinski definition) is 1. The molecule has 5 heteroatoms. The van der Waals surface area contributed by atoms with Crippen LogP contribution >= 0.6 is 11.6 Å². The highest BCUT2D eigenvalue weighted by atomic mass is 35.5. The molecule has 0 aliphatic heterocycles. The van der Waals surface area contributed by atoms with Crippen molar-refractivity contribution in [2.24, 2.45) is 0 Å². The molecule has 0 heterocycles. The topological polar surface area (TPSA) is 29.1 Å².